The molecular formula is C26H29B2FN4O8. The Labute approximate surface area is 237 Å². The average Bonchev–Trinajstić information content (AvgIpc) is 3.31. The molecule has 214 valence electrons. The number of phenols is 4. The van der Waals surface area contributed by atoms with E-state index >= 15 is 4.39 Å². The first kappa shape index (κ1) is 30.0. The number of hydrogen-bond donors (Lipinski definition) is 6. The quantitative estimate of drug-likeness (QED) is 0.0882. The minimum absolute atomic E-state index is 0.000731. The molecule has 2 amide bonds. The number of amides is 2. The predicted octanol–water partition coefficient (Wildman–Crippen LogP) is -1.27. The van der Waals surface area contributed by atoms with Gasteiger partial charge in [0, 0.05) is 57.3 Å². The number of ether oxygens (including phenoxy) is 1. The number of aromatic hydroxyl groups is 4. The fourth-order valence-electron chi connectivity index (χ4n) is 5.13. The van der Waals surface area contributed by atoms with Crippen LogP contribution in [-0.4, -0.2) is 103 Å². The molecule has 12 nitrogen and oxygen atoms in total. The Bertz CT molecular complexity index is 1360. The van der Waals surface area contributed by atoms with Crippen LogP contribution in [0, 0.1) is 5.82 Å². The number of benzene rings is 2. The summed E-state index contributed by atoms with van der Waals surface area (Å²) < 4.78 is 20.6. The number of aldehydes is 1. The second-order valence-electron chi connectivity index (χ2n) is 9.77. The highest BCUT2D eigenvalue weighted by Gasteiger charge is 2.39. The Morgan fingerprint density at radius 2 is 1.73 bits per heavy atom. The molecule has 4 rings (SSSR count). The number of halogens is 1. The lowest BCUT2D eigenvalue weighted by Crippen LogP contribution is -2.46. The summed E-state index contributed by atoms with van der Waals surface area (Å²) in [6.07, 6.45) is 0.646. The first-order valence-corrected chi connectivity index (χ1v) is 12.9. The van der Waals surface area contributed by atoms with E-state index in [1.807, 2.05) is 4.90 Å². The maximum absolute atomic E-state index is 15.3. The van der Waals surface area contributed by atoms with Gasteiger partial charge in [0.2, 0.25) is 5.91 Å². The van der Waals surface area contributed by atoms with Crippen LogP contribution in [-0.2, 0) is 34.0 Å². The van der Waals surface area contributed by atoms with Crippen molar-refractivity contribution in [2.24, 2.45) is 0 Å². The van der Waals surface area contributed by atoms with Gasteiger partial charge in [-0.15, -0.1) is 0 Å². The molecule has 0 aromatic heterocycles. The zero-order valence-corrected chi connectivity index (χ0v) is 22.4. The first-order chi connectivity index (χ1) is 19.5. The Balaban J connectivity index is 1.67. The van der Waals surface area contributed by atoms with E-state index in [2.05, 4.69) is 10.6 Å². The van der Waals surface area contributed by atoms with Crippen LogP contribution in [0.5, 0.6) is 23.0 Å². The molecule has 2 aliphatic heterocycles. The summed E-state index contributed by atoms with van der Waals surface area (Å²) in [5, 5.41) is 47.8. The van der Waals surface area contributed by atoms with Crippen molar-refractivity contribution in [2.45, 2.75) is 38.5 Å². The third-order valence-electron chi connectivity index (χ3n) is 7.42. The SMILES string of the molecule is [B]c1c([B])c2c(c(NCc3c(O)c(O)c(CN4CCOCC4)c(O)c3F)c1O)CN([C@@H](CCC=O)C(=O)NC)C2=O. The smallest absolute Gasteiger partial charge is 0.254 e. The summed E-state index contributed by atoms with van der Waals surface area (Å²) in [5.74, 6) is -5.30. The number of phenolic OH excluding ortho intramolecular Hbond substituents is 4. The lowest BCUT2D eigenvalue weighted by Gasteiger charge is -2.27. The van der Waals surface area contributed by atoms with Gasteiger partial charge in [0.1, 0.15) is 33.8 Å². The molecule has 1 fully saturated rings. The van der Waals surface area contributed by atoms with Gasteiger partial charge in [-0.2, -0.15) is 0 Å². The number of hydrogen-bond acceptors (Lipinski definition) is 10. The highest BCUT2D eigenvalue weighted by atomic mass is 19.1. The van der Waals surface area contributed by atoms with Crippen molar-refractivity contribution < 1.29 is 43.9 Å². The molecule has 6 N–H and O–H groups in total. The molecule has 2 aromatic rings. The third kappa shape index (κ3) is 5.51. The lowest BCUT2D eigenvalue weighted by molar-refractivity contribution is -0.125. The van der Waals surface area contributed by atoms with E-state index in [1.165, 1.54) is 11.9 Å². The summed E-state index contributed by atoms with van der Waals surface area (Å²) in [4.78, 5) is 39.9. The topological polar surface area (TPSA) is 172 Å². The van der Waals surface area contributed by atoms with Gasteiger partial charge in [-0.3, -0.25) is 14.5 Å². The summed E-state index contributed by atoms with van der Waals surface area (Å²) >= 11 is 0. The van der Waals surface area contributed by atoms with Crippen molar-refractivity contribution in [1.82, 2.24) is 15.1 Å². The monoisotopic (exact) mass is 566 g/mol. The van der Waals surface area contributed by atoms with E-state index in [9.17, 15) is 34.8 Å². The van der Waals surface area contributed by atoms with Crippen LogP contribution in [0.4, 0.5) is 10.1 Å². The van der Waals surface area contributed by atoms with E-state index in [0.717, 1.165) is 0 Å². The fourth-order valence-corrected chi connectivity index (χ4v) is 5.13. The Morgan fingerprint density at radius 1 is 1.07 bits per heavy atom. The van der Waals surface area contributed by atoms with Crippen LogP contribution in [0.1, 0.15) is 39.9 Å². The maximum atomic E-state index is 15.3. The molecule has 4 radical (unpaired) electrons. The number of fused-ring (bicyclic) bond motifs is 1. The van der Waals surface area contributed by atoms with Crippen molar-refractivity contribution in [1.29, 1.82) is 0 Å². The van der Waals surface area contributed by atoms with Crippen molar-refractivity contribution in [3.63, 3.8) is 0 Å². The van der Waals surface area contributed by atoms with Crippen LogP contribution < -0.4 is 21.6 Å². The molecule has 15 heteroatoms. The van der Waals surface area contributed by atoms with Crippen LogP contribution in [0.25, 0.3) is 0 Å². The van der Waals surface area contributed by atoms with E-state index in [1.54, 1.807) is 0 Å². The Kier molecular flexibility index (Phi) is 8.98. The number of morpholine rings is 1. The van der Waals surface area contributed by atoms with Crippen molar-refractivity contribution in [3.8, 4) is 23.0 Å². The number of rotatable bonds is 10. The Morgan fingerprint density at radius 3 is 2.37 bits per heavy atom. The minimum Gasteiger partial charge on any atom is -0.506 e. The normalized spacial score (nSPS) is 16.0. The van der Waals surface area contributed by atoms with E-state index < -0.39 is 58.8 Å². The molecule has 1 saturated heterocycles. The molecule has 2 aliphatic rings. The molecule has 0 bridgehead atoms. The number of anilines is 1. The molecule has 0 saturated carbocycles. The molecule has 2 heterocycles. The van der Waals surface area contributed by atoms with Gasteiger partial charge < -0.3 is 45.5 Å². The van der Waals surface area contributed by atoms with Crippen molar-refractivity contribution in [3.05, 3.63) is 28.1 Å². The van der Waals surface area contributed by atoms with Crippen LogP contribution in [0.2, 0.25) is 0 Å². The van der Waals surface area contributed by atoms with Gasteiger partial charge in [0.15, 0.2) is 23.1 Å². The van der Waals surface area contributed by atoms with Crippen molar-refractivity contribution in [2.75, 3.05) is 38.7 Å². The van der Waals surface area contributed by atoms with Crippen LogP contribution in [0.3, 0.4) is 0 Å². The number of likely N-dealkylation sites (N-methyl/N-ethyl adjacent to an activating group) is 1. The first-order valence-electron chi connectivity index (χ1n) is 12.9. The third-order valence-corrected chi connectivity index (χ3v) is 7.42. The van der Waals surface area contributed by atoms with E-state index in [-0.39, 0.29) is 59.2 Å². The van der Waals surface area contributed by atoms with Gasteiger partial charge in [-0.1, -0.05) is 10.9 Å². The maximum Gasteiger partial charge on any atom is 0.254 e. The molecule has 0 unspecified atom stereocenters. The standard InChI is InChI=1S/C26H29B2FN4O8/c1-30-25(39)15(3-2-6-34)33-11-13-16(26(33)40)17(27)18(28)24(38)20(13)31-9-12-19(29)21(35)14(23(37)22(12)36)10-32-4-7-41-8-5-32/h6,15,31,35-38H,2-5,7-11H2,1H3,(H,30,39)/t15-/m0/s1. The minimum atomic E-state index is -1.19. The molecule has 1 atom stereocenters. The number of nitrogens with one attached hydrogen (secondary N) is 2. The zero-order chi connectivity index (χ0) is 30.0. The summed E-state index contributed by atoms with van der Waals surface area (Å²) in [6, 6.07) is -1.03. The van der Waals surface area contributed by atoms with Gasteiger partial charge in [-0.25, -0.2) is 4.39 Å². The Hall–Kier alpha value is -3.97. The second kappa shape index (κ2) is 12.3. The predicted molar refractivity (Wildman–Crippen MR) is 147 cm³/mol. The fraction of sp³-hybridized carbons (Fsp3) is 0.423. The molecule has 2 aromatic carbocycles. The molecule has 41 heavy (non-hydrogen) atoms. The van der Waals surface area contributed by atoms with Crippen LogP contribution >= 0.6 is 0 Å². The van der Waals surface area contributed by atoms with E-state index in [4.69, 9.17) is 20.4 Å². The van der Waals surface area contributed by atoms with Gasteiger partial charge in [-0.05, 0) is 6.42 Å². The highest BCUT2D eigenvalue weighted by Crippen LogP contribution is 2.43. The molecule has 0 spiro atoms. The highest BCUT2D eigenvalue weighted by molar-refractivity contribution is 6.52. The van der Waals surface area contributed by atoms with Gasteiger partial charge >= 0.3 is 0 Å². The summed E-state index contributed by atoms with van der Waals surface area (Å²) in [6.45, 7) is 1.02. The van der Waals surface area contributed by atoms with Gasteiger partial charge in [0.25, 0.3) is 5.91 Å². The van der Waals surface area contributed by atoms with Crippen molar-refractivity contribution >= 4 is 50.4 Å². The lowest BCUT2D eigenvalue weighted by atomic mass is 9.75. The number of nitrogens with zero attached hydrogens (tertiary/aromatic N) is 2. The molecule has 0 aliphatic carbocycles. The largest absolute Gasteiger partial charge is 0.506 e. The van der Waals surface area contributed by atoms with Crippen LogP contribution in [0.15, 0.2) is 0 Å². The second-order valence-corrected chi connectivity index (χ2v) is 9.77. The zero-order valence-electron chi connectivity index (χ0n) is 22.4. The van der Waals surface area contributed by atoms with Gasteiger partial charge in [0.05, 0.1) is 30.0 Å². The number of carbonyl (C=O) groups is 3. The number of carbonyl (C=O) groups excluding carboxylic acids is 3. The average molecular weight is 566 g/mol. The van der Waals surface area contributed by atoms with E-state index in [0.29, 0.717) is 32.6 Å². The summed E-state index contributed by atoms with van der Waals surface area (Å²) in [7, 11) is 13.4. The molecular weight excluding hydrogens is 537 g/mol. The summed E-state index contributed by atoms with van der Waals surface area (Å²) in [5.41, 5.74) is -1.33.